The topological polar surface area (TPSA) is 77.0 Å². The number of ether oxygens (including phenoxy) is 1. The quantitative estimate of drug-likeness (QED) is 0.684. The lowest BCUT2D eigenvalue weighted by atomic mass is 10.3. The summed E-state index contributed by atoms with van der Waals surface area (Å²) in [4.78, 5) is 25.5. The van der Waals surface area contributed by atoms with E-state index in [4.69, 9.17) is 4.74 Å². The van der Waals surface area contributed by atoms with Gasteiger partial charge in [0.15, 0.2) is 0 Å². The molecule has 0 unspecified atom stereocenters. The summed E-state index contributed by atoms with van der Waals surface area (Å²) >= 11 is 3.10. The first-order chi connectivity index (χ1) is 12.2. The molecule has 1 aromatic carbocycles. The van der Waals surface area contributed by atoms with Crippen molar-refractivity contribution in [3.63, 3.8) is 0 Å². The molecule has 1 amide bonds. The van der Waals surface area contributed by atoms with Crippen molar-refractivity contribution in [2.75, 3.05) is 18.2 Å². The molecule has 0 saturated carbocycles. The summed E-state index contributed by atoms with van der Waals surface area (Å²) in [7, 11) is 1.60. The predicted octanol–water partition coefficient (Wildman–Crippen LogP) is 3.48. The van der Waals surface area contributed by atoms with E-state index >= 15 is 0 Å². The van der Waals surface area contributed by atoms with Gasteiger partial charge in [-0.3, -0.25) is 4.79 Å². The van der Waals surface area contributed by atoms with E-state index in [2.05, 4.69) is 20.3 Å². The summed E-state index contributed by atoms with van der Waals surface area (Å²) in [5.41, 5.74) is 1.59. The third-order valence-electron chi connectivity index (χ3n) is 3.20. The summed E-state index contributed by atoms with van der Waals surface area (Å²) < 4.78 is 5.14. The van der Waals surface area contributed by atoms with Gasteiger partial charge in [0.2, 0.25) is 5.91 Å². The molecule has 6 nitrogen and oxygen atoms in total. The maximum absolute atomic E-state index is 12.0. The number of methoxy groups -OCH3 is 1. The third-order valence-corrected chi connectivity index (χ3v) is 5.35. The van der Waals surface area contributed by atoms with E-state index < -0.39 is 0 Å². The molecular weight excluding hydrogens is 356 g/mol. The normalized spacial score (nSPS) is 10.4. The predicted molar refractivity (Wildman–Crippen MR) is 101 cm³/mol. The number of hydrogen-bond donors (Lipinski definition) is 1. The van der Waals surface area contributed by atoms with Gasteiger partial charge in [-0.05, 0) is 18.2 Å². The minimum atomic E-state index is -0.0502. The summed E-state index contributed by atoms with van der Waals surface area (Å²) in [6.07, 6.45) is 5.03. The molecule has 8 heteroatoms. The van der Waals surface area contributed by atoms with Crippen LogP contribution in [0.1, 0.15) is 5.01 Å². The molecule has 2 heterocycles. The highest BCUT2D eigenvalue weighted by Gasteiger charge is 2.08. The molecule has 0 aliphatic rings. The van der Waals surface area contributed by atoms with Crippen LogP contribution in [0.15, 0.2) is 49.1 Å². The van der Waals surface area contributed by atoms with E-state index in [9.17, 15) is 4.79 Å². The first kappa shape index (κ1) is 17.4. The van der Waals surface area contributed by atoms with Gasteiger partial charge in [-0.1, -0.05) is 6.07 Å². The minimum Gasteiger partial charge on any atom is -0.497 e. The van der Waals surface area contributed by atoms with E-state index in [-0.39, 0.29) is 5.91 Å². The number of nitrogens with one attached hydrogen (secondary N) is 1. The molecule has 0 atom stereocenters. The Balaban J connectivity index is 1.48. The second-order valence-corrected chi connectivity index (χ2v) is 7.09. The van der Waals surface area contributed by atoms with Crippen LogP contribution in [0.4, 0.5) is 5.69 Å². The summed E-state index contributed by atoms with van der Waals surface area (Å²) in [5, 5.41) is 3.83. The molecule has 3 rings (SSSR count). The number of thioether (sulfide) groups is 1. The van der Waals surface area contributed by atoms with Gasteiger partial charge in [0.05, 0.1) is 23.4 Å². The molecule has 0 bridgehead atoms. The lowest BCUT2D eigenvalue weighted by molar-refractivity contribution is -0.113. The Kier molecular flexibility index (Phi) is 5.97. The van der Waals surface area contributed by atoms with Gasteiger partial charge in [0.25, 0.3) is 0 Å². The van der Waals surface area contributed by atoms with Crippen LogP contribution in [0.5, 0.6) is 5.75 Å². The molecule has 0 radical (unpaired) electrons. The summed E-state index contributed by atoms with van der Waals surface area (Å²) in [6, 6.07) is 9.15. The zero-order valence-corrected chi connectivity index (χ0v) is 15.1. The smallest absolute Gasteiger partial charge is 0.234 e. The molecule has 0 spiro atoms. The fourth-order valence-electron chi connectivity index (χ4n) is 2.06. The number of hydrogen-bond acceptors (Lipinski definition) is 7. The van der Waals surface area contributed by atoms with Crippen molar-refractivity contribution in [1.29, 1.82) is 0 Å². The maximum atomic E-state index is 12.0. The molecular formula is C17H16N4O2S2. The molecule has 2 aromatic heterocycles. The lowest BCUT2D eigenvalue weighted by Crippen LogP contribution is -2.14. The van der Waals surface area contributed by atoms with E-state index in [1.54, 1.807) is 36.9 Å². The Labute approximate surface area is 153 Å². The molecule has 1 N–H and O–H groups in total. The molecule has 25 heavy (non-hydrogen) atoms. The van der Waals surface area contributed by atoms with Crippen LogP contribution in [-0.2, 0) is 10.5 Å². The Hall–Kier alpha value is -2.45. The van der Waals surface area contributed by atoms with Gasteiger partial charge >= 0.3 is 0 Å². The van der Waals surface area contributed by atoms with Crippen molar-refractivity contribution in [2.45, 2.75) is 5.75 Å². The minimum absolute atomic E-state index is 0.0502. The van der Waals surface area contributed by atoms with Gasteiger partial charge in [-0.15, -0.1) is 23.1 Å². The van der Waals surface area contributed by atoms with E-state index in [1.807, 2.05) is 24.3 Å². The SMILES string of the molecule is COc1cccc(NC(=O)CSCc2ncc(-c3ccncn3)s2)c1. The average molecular weight is 372 g/mol. The summed E-state index contributed by atoms with van der Waals surface area (Å²) in [5.74, 6) is 1.71. The van der Waals surface area contributed by atoms with Gasteiger partial charge in [-0.2, -0.15) is 0 Å². The van der Waals surface area contributed by atoms with Crippen molar-refractivity contribution < 1.29 is 9.53 Å². The molecule has 0 saturated heterocycles. The van der Waals surface area contributed by atoms with Gasteiger partial charge < -0.3 is 10.1 Å². The van der Waals surface area contributed by atoms with Crippen molar-refractivity contribution in [1.82, 2.24) is 15.0 Å². The van der Waals surface area contributed by atoms with Gasteiger partial charge in [0.1, 0.15) is 17.1 Å². The maximum Gasteiger partial charge on any atom is 0.234 e. The molecule has 0 aliphatic heterocycles. The number of benzene rings is 1. The number of aromatic nitrogens is 3. The number of anilines is 1. The number of rotatable bonds is 7. The number of nitrogens with zero attached hydrogens (tertiary/aromatic N) is 3. The van der Waals surface area contributed by atoms with Crippen LogP contribution in [-0.4, -0.2) is 33.7 Å². The van der Waals surface area contributed by atoms with Crippen LogP contribution in [0.3, 0.4) is 0 Å². The van der Waals surface area contributed by atoms with Crippen LogP contribution >= 0.6 is 23.1 Å². The number of amides is 1. The second-order valence-electron chi connectivity index (χ2n) is 4.99. The highest BCUT2D eigenvalue weighted by Crippen LogP contribution is 2.26. The van der Waals surface area contributed by atoms with E-state index in [0.717, 1.165) is 21.3 Å². The number of thiazole rings is 1. The zero-order valence-electron chi connectivity index (χ0n) is 13.5. The lowest BCUT2D eigenvalue weighted by Gasteiger charge is -2.06. The standard InChI is InChI=1S/C17H16N4O2S2/c1-23-13-4-2-3-12(7-13)21-16(22)9-24-10-17-19-8-15(25-17)14-5-6-18-11-20-14/h2-8,11H,9-10H2,1H3,(H,21,22). The molecule has 128 valence electrons. The Morgan fingerprint density at radius 2 is 2.24 bits per heavy atom. The molecule has 0 aliphatic carbocycles. The first-order valence-electron chi connectivity index (χ1n) is 7.47. The van der Waals surface area contributed by atoms with Crippen LogP contribution in [0.2, 0.25) is 0 Å². The fourth-order valence-corrected chi connectivity index (χ4v) is 3.85. The van der Waals surface area contributed by atoms with E-state index in [0.29, 0.717) is 17.3 Å². The molecule has 3 aromatic rings. The Morgan fingerprint density at radius 3 is 3.04 bits per heavy atom. The van der Waals surface area contributed by atoms with Crippen LogP contribution in [0.25, 0.3) is 10.6 Å². The van der Waals surface area contributed by atoms with Crippen molar-refractivity contribution >= 4 is 34.7 Å². The average Bonchev–Trinajstić information content (AvgIpc) is 3.11. The monoisotopic (exact) mass is 372 g/mol. The second kappa shape index (κ2) is 8.59. The van der Waals surface area contributed by atoms with Gasteiger partial charge in [0, 0.05) is 29.9 Å². The van der Waals surface area contributed by atoms with E-state index in [1.165, 1.54) is 18.1 Å². The fraction of sp³-hybridized carbons (Fsp3) is 0.176. The van der Waals surface area contributed by atoms with Crippen LogP contribution < -0.4 is 10.1 Å². The van der Waals surface area contributed by atoms with Gasteiger partial charge in [-0.25, -0.2) is 15.0 Å². The highest BCUT2D eigenvalue weighted by atomic mass is 32.2. The third kappa shape index (κ3) is 5.01. The molecule has 0 fully saturated rings. The summed E-state index contributed by atoms with van der Waals surface area (Å²) in [6.45, 7) is 0. The number of carbonyl (C=O) groups is 1. The first-order valence-corrected chi connectivity index (χ1v) is 9.44. The largest absolute Gasteiger partial charge is 0.497 e. The number of carbonyl (C=O) groups excluding carboxylic acids is 1. The van der Waals surface area contributed by atoms with Crippen LogP contribution in [0, 0.1) is 0 Å². The van der Waals surface area contributed by atoms with Crippen molar-refractivity contribution in [3.8, 4) is 16.3 Å². The Bertz CT molecular complexity index is 839. The zero-order chi connectivity index (χ0) is 17.5. The van der Waals surface area contributed by atoms with Crippen molar-refractivity contribution in [2.24, 2.45) is 0 Å². The van der Waals surface area contributed by atoms with Crippen molar-refractivity contribution in [3.05, 3.63) is 54.1 Å². The Morgan fingerprint density at radius 1 is 1.32 bits per heavy atom. The highest BCUT2D eigenvalue weighted by molar-refractivity contribution is 7.99.